The third-order valence-electron chi connectivity index (χ3n) is 8.26. The van der Waals surface area contributed by atoms with Gasteiger partial charge in [-0.1, -0.05) is 72.8 Å². The standard InChI is InChI=1S/C34H23FO2/c35-28-15-7-6-14-27(28)34(22-10-2-1-3-11-22)17-16-29-26(20-34)31-30-23-12-5-4-9-21(23)19-25(30)32-24(33(31)37-29)13-8-18-36-32/h1-11,14-19H,12-13,20H2. The van der Waals surface area contributed by atoms with Crippen molar-refractivity contribution in [1.29, 1.82) is 0 Å². The van der Waals surface area contributed by atoms with Crippen LogP contribution in [0.3, 0.4) is 0 Å². The Hall–Kier alpha value is -4.37. The molecule has 0 bridgehead atoms. The van der Waals surface area contributed by atoms with Crippen LogP contribution in [-0.4, -0.2) is 0 Å². The number of halogens is 1. The van der Waals surface area contributed by atoms with Gasteiger partial charge in [0, 0.05) is 44.3 Å². The van der Waals surface area contributed by atoms with Crippen molar-refractivity contribution < 1.29 is 13.5 Å². The molecule has 37 heavy (non-hydrogen) atoms. The van der Waals surface area contributed by atoms with E-state index in [1.807, 2.05) is 36.4 Å². The lowest BCUT2D eigenvalue weighted by molar-refractivity contribution is 0.458. The number of benzene rings is 3. The van der Waals surface area contributed by atoms with Crippen molar-refractivity contribution in [3.05, 3.63) is 141 Å². The first kappa shape index (κ1) is 20.8. The molecular weight excluding hydrogens is 459 g/mol. The Bertz CT molecular complexity index is 1880. The van der Waals surface area contributed by atoms with Gasteiger partial charge in [-0.05, 0) is 53.8 Å². The average Bonchev–Trinajstić information content (AvgIpc) is 3.52. The minimum Gasteiger partial charge on any atom is -0.464 e. The van der Waals surface area contributed by atoms with E-state index in [1.54, 1.807) is 18.4 Å². The molecular formula is C34H23FO2. The smallest absolute Gasteiger partial charge is 0.142 e. The Morgan fingerprint density at radius 3 is 2.65 bits per heavy atom. The van der Waals surface area contributed by atoms with Crippen LogP contribution in [0.4, 0.5) is 4.39 Å². The summed E-state index contributed by atoms with van der Waals surface area (Å²) in [6.45, 7) is 0. The summed E-state index contributed by atoms with van der Waals surface area (Å²) in [4.78, 5) is 0. The van der Waals surface area contributed by atoms with Gasteiger partial charge in [-0.15, -0.1) is 0 Å². The number of allylic oxidation sites excluding steroid dienone is 6. The van der Waals surface area contributed by atoms with Gasteiger partial charge in [-0.25, -0.2) is 4.39 Å². The van der Waals surface area contributed by atoms with Gasteiger partial charge in [0.25, 0.3) is 0 Å². The van der Waals surface area contributed by atoms with E-state index >= 15 is 4.39 Å². The molecule has 0 saturated carbocycles. The molecule has 0 saturated heterocycles. The Morgan fingerprint density at radius 2 is 1.76 bits per heavy atom. The number of ether oxygens (including phenoxy) is 1. The summed E-state index contributed by atoms with van der Waals surface area (Å²) >= 11 is 0. The fourth-order valence-corrected chi connectivity index (χ4v) is 6.60. The second-order valence-corrected chi connectivity index (χ2v) is 10.1. The van der Waals surface area contributed by atoms with E-state index < -0.39 is 5.41 Å². The van der Waals surface area contributed by atoms with Crippen molar-refractivity contribution in [2.75, 3.05) is 0 Å². The maximum absolute atomic E-state index is 15.5. The van der Waals surface area contributed by atoms with E-state index in [-0.39, 0.29) is 5.82 Å². The highest BCUT2D eigenvalue weighted by molar-refractivity contribution is 5.98. The van der Waals surface area contributed by atoms with Crippen LogP contribution < -0.4 is 15.2 Å². The Kier molecular flexibility index (Phi) is 4.25. The van der Waals surface area contributed by atoms with Crippen LogP contribution in [0.1, 0.15) is 34.4 Å². The number of hydrogen-bond donors (Lipinski definition) is 0. The van der Waals surface area contributed by atoms with E-state index in [0.717, 1.165) is 57.2 Å². The first-order valence-electron chi connectivity index (χ1n) is 12.8. The maximum atomic E-state index is 15.5. The molecule has 4 aromatic rings. The molecule has 8 rings (SSSR count). The molecule has 1 aliphatic heterocycles. The van der Waals surface area contributed by atoms with Gasteiger partial charge < -0.3 is 9.15 Å². The highest BCUT2D eigenvalue weighted by atomic mass is 19.1. The molecule has 2 heterocycles. The third kappa shape index (κ3) is 2.80. The number of hydrogen-bond acceptors (Lipinski definition) is 2. The van der Waals surface area contributed by atoms with Gasteiger partial charge in [0.05, 0.1) is 6.26 Å². The number of rotatable bonds is 2. The number of fused-ring (bicyclic) bond motifs is 9. The van der Waals surface area contributed by atoms with E-state index in [4.69, 9.17) is 9.15 Å². The first-order valence-corrected chi connectivity index (χ1v) is 12.8. The van der Waals surface area contributed by atoms with Crippen LogP contribution in [0.15, 0.2) is 101 Å². The van der Waals surface area contributed by atoms with Gasteiger partial charge in [0.2, 0.25) is 0 Å². The highest BCUT2D eigenvalue weighted by Crippen LogP contribution is 2.46. The second-order valence-electron chi connectivity index (χ2n) is 10.1. The summed E-state index contributed by atoms with van der Waals surface area (Å²) in [6, 6.07) is 17.4. The van der Waals surface area contributed by atoms with E-state index in [0.29, 0.717) is 12.0 Å². The van der Waals surface area contributed by atoms with Crippen molar-refractivity contribution in [3.8, 4) is 5.75 Å². The van der Waals surface area contributed by atoms with Crippen molar-refractivity contribution in [2.45, 2.75) is 24.7 Å². The van der Waals surface area contributed by atoms with Crippen LogP contribution in [0, 0.1) is 5.82 Å². The van der Waals surface area contributed by atoms with Crippen LogP contribution in [0.5, 0.6) is 5.75 Å². The molecule has 2 nitrogen and oxygen atoms in total. The summed E-state index contributed by atoms with van der Waals surface area (Å²) in [7, 11) is 0. The molecule has 0 spiro atoms. The predicted molar refractivity (Wildman–Crippen MR) is 145 cm³/mol. The van der Waals surface area contributed by atoms with E-state index in [9.17, 15) is 0 Å². The summed E-state index contributed by atoms with van der Waals surface area (Å²) in [5.41, 5.74) is 6.74. The third-order valence-corrected chi connectivity index (χ3v) is 8.26. The summed E-state index contributed by atoms with van der Waals surface area (Å²) in [6.07, 6.45) is 19.0. The number of furan rings is 1. The average molecular weight is 483 g/mol. The largest absolute Gasteiger partial charge is 0.464 e. The summed E-state index contributed by atoms with van der Waals surface area (Å²) < 4.78 is 28.2. The molecule has 4 aliphatic rings. The van der Waals surface area contributed by atoms with Gasteiger partial charge >= 0.3 is 0 Å². The molecule has 3 heteroatoms. The lowest BCUT2D eigenvalue weighted by Gasteiger charge is -2.34. The van der Waals surface area contributed by atoms with Crippen LogP contribution >= 0.6 is 0 Å². The highest BCUT2D eigenvalue weighted by Gasteiger charge is 2.40. The molecule has 0 amide bonds. The molecule has 1 unspecified atom stereocenters. The lowest BCUT2D eigenvalue weighted by atomic mass is 9.67. The minimum absolute atomic E-state index is 0.196. The quantitative estimate of drug-likeness (QED) is 0.330. The zero-order chi connectivity index (χ0) is 24.6. The van der Waals surface area contributed by atoms with Gasteiger partial charge in [-0.2, -0.15) is 0 Å². The van der Waals surface area contributed by atoms with Crippen molar-refractivity contribution in [3.63, 3.8) is 0 Å². The molecule has 0 N–H and O–H groups in total. The van der Waals surface area contributed by atoms with Gasteiger partial charge in [-0.3, -0.25) is 0 Å². The topological polar surface area (TPSA) is 22.4 Å². The summed E-state index contributed by atoms with van der Waals surface area (Å²) in [5.74, 6) is 1.55. The minimum atomic E-state index is -0.645. The van der Waals surface area contributed by atoms with E-state index in [1.165, 1.54) is 16.4 Å². The monoisotopic (exact) mass is 482 g/mol. The van der Waals surface area contributed by atoms with Crippen molar-refractivity contribution in [2.24, 2.45) is 0 Å². The lowest BCUT2D eigenvalue weighted by Crippen LogP contribution is -2.33. The predicted octanol–water partition coefficient (Wildman–Crippen LogP) is 6.41. The normalized spacial score (nSPS) is 20.6. The van der Waals surface area contributed by atoms with Gasteiger partial charge in [0.15, 0.2) is 0 Å². The van der Waals surface area contributed by atoms with Crippen LogP contribution in [0.2, 0.25) is 0 Å². The molecule has 3 aromatic carbocycles. The SMILES string of the molecule is Fc1ccccc1C1(c2ccccc2)C=Cc2oc3c4c(c5c(c3c2C1)=C1CC=CC=C1C=5)OC=CC4. The molecule has 1 atom stereocenters. The van der Waals surface area contributed by atoms with Crippen LogP contribution in [-0.2, 0) is 18.3 Å². The van der Waals surface area contributed by atoms with Crippen molar-refractivity contribution >= 4 is 28.7 Å². The Morgan fingerprint density at radius 1 is 0.892 bits per heavy atom. The molecule has 0 radical (unpaired) electrons. The fourth-order valence-electron chi connectivity index (χ4n) is 6.60. The molecule has 3 aliphatic carbocycles. The molecule has 0 fully saturated rings. The molecule has 178 valence electrons. The maximum Gasteiger partial charge on any atom is 0.142 e. The molecule has 1 aromatic heterocycles. The first-order chi connectivity index (χ1) is 18.2. The Balaban J connectivity index is 1.48. The zero-order valence-electron chi connectivity index (χ0n) is 20.1. The second kappa shape index (κ2) is 7.57. The van der Waals surface area contributed by atoms with Crippen molar-refractivity contribution in [1.82, 2.24) is 0 Å². The van der Waals surface area contributed by atoms with E-state index in [2.05, 4.69) is 48.6 Å². The Labute approximate surface area is 213 Å². The van der Waals surface area contributed by atoms with Crippen LogP contribution in [0.25, 0.3) is 28.7 Å². The zero-order valence-corrected chi connectivity index (χ0v) is 20.1. The summed E-state index contributed by atoms with van der Waals surface area (Å²) in [5, 5.41) is 3.48. The van der Waals surface area contributed by atoms with Gasteiger partial charge in [0.1, 0.15) is 22.9 Å². The fraction of sp³-hybridized carbons (Fsp3) is 0.118.